The summed E-state index contributed by atoms with van der Waals surface area (Å²) in [4.78, 5) is 0. The van der Waals surface area contributed by atoms with E-state index in [1.54, 1.807) is 0 Å². The molecule has 22 heavy (non-hydrogen) atoms. The van der Waals surface area contributed by atoms with Crippen molar-refractivity contribution in [3.8, 4) is 0 Å². The van der Waals surface area contributed by atoms with Crippen LogP contribution >= 0.6 is 0 Å². The highest BCUT2D eigenvalue weighted by molar-refractivity contribution is 7.93. The Balaban J connectivity index is 1.97. The minimum absolute atomic E-state index is 0.00444. The topological polar surface area (TPSA) is 54.4 Å². The van der Waals surface area contributed by atoms with Crippen LogP contribution in [0.15, 0.2) is 18.2 Å². The summed E-state index contributed by atoms with van der Waals surface area (Å²) in [6.07, 6.45) is -4.15. The molecule has 3 nitrogen and oxygen atoms in total. The predicted octanol–water partition coefficient (Wildman–Crippen LogP) is 2.77. The van der Waals surface area contributed by atoms with Crippen LogP contribution < -0.4 is 0 Å². The van der Waals surface area contributed by atoms with Gasteiger partial charge in [0, 0.05) is 0 Å². The molecule has 2 heterocycles. The van der Waals surface area contributed by atoms with Crippen LogP contribution in [-0.4, -0.2) is 24.0 Å². The Kier molecular flexibility index (Phi) is 3.34. The van der Waals surface area contributed by atoms with Crippen LogP contribution in [0, 0.1) is 5.82 Å². The lowest BCUT2D eigenvalue weighted by Gasteiger charge is -2.36. The molecule has 0 amide bonds. The molecule has 2 bridgehead atoms. The van der Waals surface area contributed by atoms with Crippen LogP contribution in [0.4, 0.5) is 17.6 Å². The zero-order valence-corrected chi connectivity index (χ0v) is 12.2. The Morgan fingerprint density at radius 2 is 1.68 bits per heavy atom. The van der Waals surface area contributed by atoms with Gasteiger partial charge >= 0.3 is 6.18 Å². The number of aliphatic hydroxyl groups is 1. The van der Waals surface area contributed by atoms with Crippen molar-refractivity contribution in [3.63, 3.8) is 0 Å². The van der Waals surface area contributed by atoms with E-state index in [1.165, 1.54) is 0 Å². The first kappa shape index (κ1) is 15.7. The fraction of sp³-hybridized carbons (Fsp3) is 0.571. The molecule has 2 aliphatic rings. The van der Waals surface area contributed by atoms with Gasteiger partial charge in [-0.2, -0.15) is 13.2 Å². The quantitative estimate of drug-likeness (QED) is 0.801. The summed E-state index contributed by atoms with van der Waals surface area (Å²) in [7, 11) is -3.28. The Morgan fingerprint density at radius 3 is 2.14 bits per heavy atom. The van der Waals surface area contributed by atoms with Gasteiger partial charge in [-0.25, -0.2) is 12.8 Å². The maximum Gasteiger partial charge on any atom is 0.419 e. The molecule has 8 heteroatoms. The first-order valence-corrected chi connectivity index (χ1v) is 8.47. The average Bonchev–Trinajstić information content (AvgIpc) is 2.58. The largest absolute Gasteiger partial charge is 0.419 e. The molecule has 3 rings (SSSR count). The normalized spacial score (nSPS) is 33.9. The van der Waals surface area contributed by atoms with Gasteiger partial charge in [-0.1, -0.05) is 6.07 Å². The summed E-state index contributed by atoms with van der Waals surface area (Å²) in [5.74, 6) is -1.46. The molecule has 0 saturated carbocycles. The highest BCUT2D eigenvalue weighted by Gasteiger charge is 2.53. The van der Waals surface area contributed by atoms with Gasteiger partial charge in [0.25, 0.3) is 0 Å². The average molecular weight is 338 g/mol. The minimum atomic E-state index is -4.81. The van der Waals surface area contributed by atoms with Gasteiger partial charge < -0.3 is 5.11 Å². The van der Waals surface area contributed by atoms with Crippen LogP contribution in [0.2, 0.25) is 0 Å². The number of rotatable bonds is 1. The van der Waals surface area contributed by atoms with Gasteiger partial charge in [-0.15, -0.1) is 0 Å². The van der Waals surface area contributed by atoms with Gasteiger partial charge in [0.1, 0.15) is 5.82 Å². The van der Waals surface area contributed by atoms with E-state index in [0.29, 0.717) is 25.0 Å². The van der Waals surface area contributed by atoms with Crippen molar-refractivity contribution in [2.45, 2.75) is 48.0 Å². The first-order chi connectivity index (χ1) is 10.0. The van der Waals surface area contributed by atoms with Crippen LogP contribution in [0.1, 0.15) is 36.8 Å². The SMILES string of the molecule is O=S1(=O)C2CCC1CC(O)(c1ccc(C(F)(F)F)c(F)c1)C2. The zero-order chi connectivity index (χ0) is 16.3. The highest BCUT2D eigenvalue weighted by Crippen LogP contribution is 2.48. The maximum atomic E-state index is 13.7. The maximum absolute atomic E-state index is 13.7. The lowest BCUT2D eigenvalue weighted by Crippen LogP contribution is -2.43. The molecule has 2 atom stereocenters. The van der Waals surface area contributed by atoms with E-state index in [2.05, 4.69) is 0 Å². The van der Waals surface area contributed by atoms with E-state index in [-0.39, 0.29) is 18.4 Å². The molecule has 1 aromatic rings. The Labute approximate surface area is 124 Å². The third-order valence-electron chi connectivity index (χ3n) is 4.68. The Bertz CT molecular complexity index is 691. The van der Waals surface area contributed by atoms with Crippen molar-refractivity contribution in [1.82, 2.24) is 0 Å². The van der Waals surface area contributed by atoms with Crippen LogP contribution in [-0.2, 0) is 21.6 Å². The lowest BCUT2D eigenvalue weighted by molar-refractivity contribution is -0.140. The van der Waals surface area contributed by atoms with E-state index in [9.17, 15) is 31.1 Å². The molecule has 2 aliphatic heterocycles. The lowest BCUT2D eigenvalue weighted by atomic mass is 9.85. The summed E-state index contributed by atoms with van der Waals surface area (Å²) < 4.78 is 75.4. The number of fused-ring (bicyclic) bond motifs is 2. The monoisotopic (exact) mass is 338 g/mol. The highest BCUT2D eigenvalue weighted by atomic mass is 32.2. The Morgan fingerprint density at radius 1 is 1.14 bits per heavy atom. The molecule has 0 aliphatic carbocycles. The van der Waals surface area contributed by atoms with Gasteiger partial charge in [-0.05, 0) is 43.4 Å². The summed E-state index contributed by atoms with van der Waals surface area (Å²) in [5, 5.41) is 9.25. The fourth-order valence-corrected chi connectivity index (χ4v) is 6.01. The van der Waals surface area contributed by atoms with Crippen molar-refractivity contribution in [3.05, 3.63) is 35.1 Å². The van der Waals surface area contributed by atoms with Crippen molar-refractivity contribution in [2.75, 3.05) is 0 Å². The molecular formula is C14H14F4O3S. The van der Waals surface area contributed by atoms with Gasteiger partial charge in [0.15, 0.2) is 9.84 Å². The van der Waals surface area contributed by atoms with E-state index in [4.69, 9.17) is 0 Å². The standard InChI is InChI=1S/C14H14F4O3S/c15-12-5-8(1-4-11(12)14(16,17)18)13(19)6-9-2-3-10(7-13)22(9,20)21/h1,4-5,9-10,19H,2-3,6-7H2. The molecule has 122 valence electrons. The Hall–Kier alpha value is -1.15. The number of sulfone groups is 1. The molecular weight excluding hydrogens is 324 g/mol. The number of alkyl halides is 3. The van der Waals surface area contributed by atoms with E-state index >= 15 is 0 Å². The molecule has 0 aromatic heterocycles. The zero-order valence-electron chi connectivity index (χ0n) is 11.4. The molecule has 2 saturated heterocycles. The second kappa shape index (κ2) is 4.67. The molecule has 0 spiro atoms. The third kappa shape index (κ3) is 2.32. The van der Waals surface area contributed by atoms with Gasteiger partial charge in [-0.3, -0.25) is 0 Å². The summed E-state index contributed by atoms with van der Waals surface area (Å²) in [6.45, 7) is 0. The number of hydrogen-bond acceptors (Lipinski definition) is 3. The van der Waals surface area contributed by atoms with Gasteiger partial charge in [0.2, 0.25) is 0 Å². The van der Waals surface area contributed by atoms with E-state index in [1.807, 2.05) is 0 Å². The number of benzene rings is 1. The van der Waals surface area contributed by atoms with Gasteiger partial charge in [0.05, 0.1) is 21.7 Å². The van der Waals surface area contributed by atoms with Crippen molar-refractivity contribution in [2.24, 2.45) is 0 Å². The van der Waals surface area contributed by atoms with Crippen molar-refractivity contribution < 1.29 is 31.1 Å². The van der Waals surface area contributed by atoms with E-state index < -0.39 is 43.5 Å². The molecule has 0 radical (unpaired) electrons. The number of halogens is 4. The summed E-state index contributed by atoms with van der Waals surface area (Å²) in [5.41, 5.74) is -2.99. The predicted molar refractivity (Wildman–Crippen MR) is 70.3 cm³/mol. The summed E-state index contributed by atoms with van der Waals surface area (Å²) in [6, 6.07) is 2.29. The van der Waals surface area contributed by atoms with Crippen molar-refractivity contribution >= 4 is 9.84 Å². The smallest absolute Gasteiger partial charge is 0.385 e. The second-order valence-electron chi connectivity index (χ2n) is 6.04. The first-order valence-electron chi connectivity index (χ1n) is 6.86. The molecule has 2 unspecified atom stereocenters. The summed E-state index contributed by atoms with van der Waals surface area (Å²) >= 11 is 0. The minimum Gasteiger partial charge on any atom is -0.385 e. The second-order valence-corrected chi connectivity index (χ2v) is 8.55. The van der Waals surface area contributed by atoms with E-state index in [0.717, 1.165) is 6.07 Å². The third-order valence-corrected chi connectivity index (χ3v) is 7.35. The number of hydrogen-bond donors (Lipinski definition) is 1. The van der Waals surface area contributed by atoms with Crippen LogP contribution in [0.5, 0.6) is 0 Å². The fourth-order valence-electron chi connectivity index (χ4n) is 3.52. The molecule has 2 fully saturated rings. The molecule has 1 aromatic carbocycles. The van der Waals surface area contributed by atoms with Crippen LogP contribution in [0.3, 0.4) is 0 Å². The molecule has 1 N–H and O–H groups in total. The van der Waals surface area contributed by atoms with Crippen molar-refractivity contribution in [1.29, 1.82) is 0 Å². The van der Waals surface area contributed by atoms with Crippen LogP contribution in [0.25, 0.3) is 0 Å².